The standard InChI is InChI=1S/C22H22N4O3/c1-29-17-5-2-4-15(9-17)18-10-19(24-23-18)22(28)25-11-14-8-16(13-25)20-6-3-7-21(27)26(20)12-14/h2-7,9-10,14,16H,8,11-13H2,1H3,(H,23,24)/t14-,16+/m1/s1. The number of H-pyrrole nitrogens is 1. The van der Waals surface area contributed by atoms with Crippen LogP contribution in [0.1, 0.15) is 28.5 Å². The van der Waals surface area contributed by atoms with E-state index in [0.717, 1.165) is 23.4 Å². The molecule has 5 rings (SSSR count). The molecule has 0 radical (unpaired) electrons. The van der Waals surface area contributed by atoms with Crippen LogP contribution in [0.25, 0.3) is 11.3 Å². The van der Waals surface area contributed by atoms with Crippen molar-refractivity contribution < 1.29 is 9.53 Å². The number of pyridine rings is 1. The Bertz CT molecular complexity index is 1130. The molecule has 2 aliphatic heterocycles. The monoisotopic (exact) mass is 390 g/mol. The lowest BCUT2D eigenvalue weighted by Crippen LogP contribution is -2.49. The Kier molecular flexibility index (Phi) is 4.23. The van der Waals surface area contributed by atoms with Crippen LogP contribution in [-0.2, 0) is 6.54 Å². The zero-order chi connectivity index (χ0) is 20.0. The average Bonchev–Trinajstić information content (AvgIpc) is 3.24. The second-order valence-corrected chi connectivity index (χ2v) is 7.81. The van der Waals surface area contributed by atoms with Crippen LogP contribution in [0.2, 0.25) is 0 Å². The first kappa shape index (κ1) is 17.7. The summed E-state index contributed by atoms with van der Waals surface area (Å²) in [5, 5.41) is 7.22. The van der Waals surface area contributed by atoms with Gasteiger partial charge < -0.3 is 14.2 Å². The van der Waals surface area contributed by atoms with Crippen LogP contribution in [0.15, 0.2) is 53.3 Å². The van der Waals surface area contributed by atoms with E-state index in [-0.39, 0.29) is 17.4 Å². The predicted molar refractivity (Wildman–Crippen MR) is 108 cm³/mol. The average molecular weight is 390 g/mol. The fourth-order valence-electron chi connectivity index (χ4n) is 4.59. The van der Waals surface area contributed by atoms with E-state index in [1.54, 1.807) is 19.2 Å². The van der Waals surface area contributed by atoms with Crippen molar-refractivity contribution in [3.63, 3.8) is 0 Å². The fourth-order valence-corrected chi connectivity index (χ4v) is 4.59. The highest BCUT2D eigenvalue weighted by Crippen LogP contribution is 2.35. The molecule has 2 aliphatic rings. The SMILES string of the molecule is COc1cccc(-c2cc(C(=O)N3C[C@H]4C[C@@H](C3)c3cccc(=O)n3C4)[nH]n2)c1. The van der Waals surface area contributed by atoms with Gasteiger partial charge in [-0.1, -0.05) is 18.2 Å². The van der Waals surface area contributed by atoms with Crippen molar-refractivity contribution in [2.24, 2.45) is 5.92 Å². The minimum absolute atomic E-state index is 0.0481. The summed E-state index contributed by atoms with van der Waals surface area (Å²) >= 11 is 0. The molecule has 148 valence electrons. The summed E-state index contributed by atoms with van der Waals surface area (Å²) in [6.45, 7) is 1.95. The lowest BCUT2D eigenvalue weighted by Gasteiger charge is -2.42. The lowest BCUT2D eigenvalue weighted by atomic mass is 9.83. The van der Waals surface area contributed by atoms with Crippen LogP contribution >= 0.6 is 0 Å². The Hall–Kier alpha value is -3.35. The Balaban J connectivity index is 1.38. The molecule has 0 aliphatic carbocycles. The van der Waals surface area contributed by atoms with Crippen molar-refractivity contribution >= 4 is 5.91 Å². The van der Waals surface area contributed by atoms with E-state index in [9.17, 15) is 9.59 Å². The third-order valence-electron chi connectivity index (χ3n) is 5.94. The van der Waals surface area contributed by atoms with Crippen molar-refractivity contribution in [2.45, 2.75) is 18.9 Å². The number of rotatable bonds is 3. The second kappa shape index (κ2) is 6.92. The van der Waals surface area contributed by atoms with E-state index in [1.165, 1.54) is 0 Å². The van der Waals surface area contributed by atoms with E-state index in [1.807, 2.05) is 45.9 Å². The highest BCUT2D eigenvalue weighted by molar-refractivity contribution is 5.93. The molecule has 1 fully saturated rings. The highest BCUT2D eigenvalue weighted by Gasteiger charge is 2.36. The molecule has 2 aromatic heterocycles. The summed E-state index contributed by atoms with van der Waals surface area (Å²) in [7, 11) is 1.62. The second-order valence-electron chi connectivity index (χ2n) is 7.81. The lowest BCUT2D eigenvalue weighted by molar-refractivity contribution is 0.0588. The van der Waals surface area contributed by atoms with Gasteiger partial charge in [-0.15, -0.1) is 0 Å². The van der Waals surface area contributed by atoms with Crippen molar-refractivity contribution in [3.8, 4) is 17.0 Å². The zero-order valence-electron chi connectivity index (χ0n) is 16.2. The quantitative estimate of drug-likeness (QED) is 0.745. The molecule has 7 nitrogen and oxygen atoms in total. The predicted octanol–water partition coefficient (Wildman–Crippen LogP) is 2.51. The summed E-state index contributed by atoms with van der Waals surface area (Å²) in [5.74, 6) is 1.19. The Morgan fingerprint density at radius 3 is 2.86 bits per heavy atom. The van der Waals surface area contributed by atoms with Crippen LogP contribution in [0.4, 0.5) is 0 Å². The van der Waals surface area contributed by atoms with Gasteiger partial charge >= 0.3 is 0 Å². The van der Waals surface area contributed by atoms with Gasteiger partial charge in [-0.3, -0.25) is 14.7 Å². The molecule has 2 atom stereocenters. The summed E-state index contributed by atoms with van der Waals surface area (Å²) in [4.78, 5) is 27.2. The number of carbonyl (C=O) groups excluding carboxylic acids is 1. The number of benzene rings is 1. The molecule has 0 saturated carbocycles. The number of methoxy groups -OCH3 is 1. The minimum Gasteiger partial charge on any atom is -0.497 e. The van der Waals surface area contributed by atoms with Crippen LogP contribution in [-0.4, -0.2) is 45.8 Å². The van der Waals surface area contributed by atoms with Crippen molar-refractivity contribution in [1.82, 2.24) is 19.7 Å². The van der Waals surface area contributed by atoms with Gasteiger partial charge in [0.15, 0.2) is 0 Å². The van der Waals surface area contributed by atoms with Gasteiger partial charge in [0.1, 0.15) is 11.4 Å². The molecule has 1 N–H and O–H groups in total. The summed E-state index contributed by atoms with van der Waals surface area (Å²) in [5.41, 5.74) is 3.17. The van der Waals surface area contributed by atoms with Crippen molar-refractivity contribution in [3.05, 3.63) is 70.3 Å². The van der Waals surface area contributed by atoms with Gasteiger partial charge in [-0.05, 0) is 36.6 Å². The summed E-state index contributed by atoms with van der Waals surface area (Å²) in [6.07, 6.45) is 1.02. The van der Waals surface area contributed by atoms with Crippen molar-refractivity contribution in [1.29, 1.82) is 0 Å². The number of carbonyl (C=O) groups is 1. The van der Waals surface area contributed by atoms with E-state index in [2.05, 4.69) is 10.2 Å². The maximum atomic E-state index is 13.1. The number of nitrogens with zero attached hydrogens (tertiary/aromatic N) is 3. The molecule has 1 amide bonds. The molecular formula is C22H22N4O3. The van der Waals surface area contributed by atoms with Gasteiger partial charge in [-0.2, -0.15) is 5.10 Å². The Morgan fingerprint density at radius 2 is 2.00 bits per heavy atom. The molecule has 1 aromatic carbocycles. The van der Waals surface area contributed by atoms with Crippen LogP contribution < -0.4 is 10.3 Å². The molecule has 29 heavy (non-hydrogen) atoms. The summed E-state index contributed by atoms with van der Waals surface area (Å²) < 4.78 is 7.14. The van der Waals surface area contributed by atoms with Crippen LogP contribution in [0.5, 0.6) is 5.75 Å². The van der Waals surface area contributed by atoms with Gasteiger partial charge in [0, 0.05) is 42.9 Å². The third-order valence-corrected chi connectivity index (χ3v) is 5.94. The number of fused-ring (bicyclic) bond motifs is 4. The molecule has 0 unspecified atom stereocenters. The van der Waals surface area contributed by atoms with Gasteiger partial charge in [0.05, 0.1) is 12.8 Å². The number of hydrogen-bond donors (Lipinski definition) is 1. The number of likely N-dealkylation sites (tertiary alicyclic amines) is 1. The largest absolute Gasteiger partial charge is 0.497 e. The molecular weight excluding hydrogens is 368 g/mol. The zero-order valence-corrected chi connectivity index (χ0v) is 16.2. The number of piperidine rings is 1. The molecule has 1 saturated heterocycles. The number of hydrogen-bond acceptors (Lipinski definition) is 4. The Morgan fingerprint density at radius 1 is 1.14 bits per heavy atom. The molecule has 2 bridgehead atoms. The molecule has 7 heteroatoms. The number of aromatic nitrogens is 3. The number of nitrogens with one attached hydrogen (secondary N) is 1. The maximum Gasteiger partial charge on any atom is 0.271 e. The van der Waals surface area contributed by atoms with E-state index < -0.39 is 0 Å². The Labute approximate surface area is 167 Å². The first-order chi connectivity index (χ1) is 14.1. The fraction of sp³-hybridized carbons (Fsp3) is 0.318. The van der Waals surface area contributed by atoms with Crippen molar-refractivity contribution in [2.75, 3.05) is 20.2 Å². The molecule has 3 aromatic rings. The van der Waals surface area contributed by atoms with Gasteiger partial charge in [-0.25, -0.2) is 0 Å². The first-order valence-electron chi connectivity index (χ1n) is 9.81. The van der Waals surface area contributed by atoms with Crippen LogP contribution in [0, 0.1) is 5.92 Å². The third kappa shape index (κ3) is 3.12. The topological polar surface area (TPSA) is 80.2 Å². The maximum absolute atomic E-state index is 13.1. The van der Waals surface area contributed by atoms with Crippen LogP contribution in [0.3, 0.4) is 0 Å². The first-order valence-corrected chi connectivity index (χ1v) is 9.81. The smallest absolute Gasteiger partial charge is 0.271 e. The molecule has 4 heterocycles. The minimum atomic E-state index is -0.0481. The van der Waals surface area contributed by atoms with Gasteiger partial charge in [0.25, 0.3) is 11.5 Å². The van der Waals surface area contributed by atoms with E-state index in [4.69, 9.17) is 4.74 Å². The van der Waals surface area contributed by atoms with E-state index in [0.29, 0.717) is 36.9 Å². The number of ether oxygens (including phenoxy) is 1. The summed E-state index contributed by atoms with van der Waals surface area (Å²) in [6, 6.07) is 14.8. The molecule has 0 spiro atoms. The number of amides is 1. The number of aromatic amines is 1. The van der Waals surface area contributed by atoms with Gasteiger partial charge in [0.2, 0.25) is 0 Å². The highest BCUT2D eigenvalue weighted by atomic mass is 16.5. The normalized spacial score (nSPS) is 20.2. The van der Waals surface area contributed by atoms with E-state index >= 15 is 0 Å².